The Labute approximate surface area is 168 Å². The van der Waals surface area contributed by atoms with Gasteiger partial charge in [-0.3, -0.25) is 14.4 Å². The Morgan fingerprint density at radius 2 is 1.79 bits per heavy atom. The number of fused-ring (bicyclic) bond motifs is 1. The minimum atomic E-state index is -0.395. The van der Waals surface area contributed by atoms with Crippen molar-refractivity contribution in [1.82, 2.24) is 0 Å². The average molecular weight is 397 g/mol. The first kappa shape index (κ1) is 18.9. The van der Waals surface area contributed by atoms with Gasteiger partial charge in [-0.1, -0.05) is 36.8 Å². The van der Waals surface area contributed by atoms with Crippen molar-refractivity contribution in [1.29, 1.82) is 0 Å². The van der Waals surface area contributed by atoms with Gasteiger partial charge in [0.15, 0.2) is 12.4 Å². The summed E-state index contributed by atoms with van der Waals surface area (Å²) in [5.74, 6) is -0.820. The molecular weight excluding hydrogens is 374 g/mol. The number of rotatable bonds is 6. The van der Waals surface area contributed by atoms with Crippen molar-refractivity contribution in [3.05, 3.63) is 51.9 Å². The first-order valence-corrected chi connectivity index (χ1v) is 10.7. The van der Waals surface area contributed by atoms with Gasteiger partial charge in [-0.2, -0.15) is 0 Å². The maximum absolute atomic E-state index is 13.2. The summed E-state index contributed by atoms with van der Waals surface area (Å²) in [5.41, 5.74) is 2.28. The van der Waals surface area contributed by atoms with Crippen LogP contribution in [0.5, 0.6) is 0 Å². The van der Waals surface area contributed by atoms with Crippen LogP contribution in [0.25, 0.3) is 0 Å². The molecule has 0 saturated heterocycles. The van der Waals surface area contributed by atoms with Gasteiger partial charge in [-0.25, -0.2) is 0 Å². The largest absolute Gasteiger partial charge is 0.455 e. The van der Waals surface area contributed by atoms with Crippen LogP contribution in [0.2, 0.25) is 0 Å². The molecule has 1 aromatic heterocycles. The predicted molar refractivity (Wildman–Crippen MR) is 108 cm³/mol. The number of thiophene rings is 1. The summed E-state index contributed by atoms with van der Waals surface area (Å²) in [6, 6.07) is 9.13. The third-order valence-electron chi connectivity index (χ3n) is 5.47. The summed E-state index contributed by atoms with van der Waals surface area (Å²) in [6.45, 7) is -0.309. The number of hydrogen-bond acceptors (Lipinski definition) is 5. The molecule has 28 heavy (non-hydrogen) atoms. The number of benzene rings is 1. The molecular formula is C22H23NO4S. The molecule has 0 radical (unpaired) electrons. The van der Waals surface area contributed by atoms with E-state index in [1.54, 1.807) is 12.1 Å². The normalized spacial score (nSPS) is 16.0. The van der Waals surface area contributed by atoms with E-state index in [0.29, 0.717) is 16.1 Å². The zero-order chi connectivity index (χ0) is 19.5. The topological polar surface area (TPSA) is 72.5 Å². The molecule has 2 aromatic rings. The van der Waals surface area contributed by atoms with Gasteiger partial charge >= 0.3 is 5.97 Å². The van der Waals surface area contributed by atoms with Crippen LogP contribution in [-0.4, -0.2) is 24.3 Å². The van der Waals surface area contributed by atoms with E-state index in [2.05, 4.69) is 5.32 Å². The van der Waals surface area contributed by atoms with Gasteiger partial charge < -0.3 is 10.1 Å². The maximum Gasteiger partial charge on any atom is 0.309 e. The van der Waals surface area contributed by atoms with Crippen molar-refractivity contribution >= 4 is 34.0 Å². The molecule has 0 unspecified atom stereocenters. The molecule has 5 nitrogen and oxygen atoms in total. The predicted octanol–water partition coefficient (Wildman–Crippen LogP) is 4.14. The van der Waals surface area contributed by atoms with Gasteiger partial charge in [0.2, 0.25) is 0 Å². The zero-order valence-corrected chi connectivity index (χ0v) is 16.5. The fourth-order valence-electron chi connectivity index (χ4n) is 3.69. The number of amides is 1. The summed E-state index contributed by atoms with van der Waals surface area (Å²) >= 11 is 1.48. The highest BCUT2D eigenvalue weighted by atomic mass is 32.1. The first-order valence-electron chi connectivity index (χ1n) is 9.84. The SMILES string of the molecule is O=C(COC(=O)C1CCC1)Nc1sc2c(c1C(=O)c1ccccc1)CCCC2. The van der Waals surface area contributed by atoms with Crippen LogP contribution in [-0.2, 0) is 27.2 Å². The lowest BCUT2D eigenvalue weighted by atomic mass is 9.86. The van der Waals surface area contributed by atoms with Crippen molar-refractivity contribution in [2.45, 2.75) is 44.9 Å². The number of nitrogens with one attached hydrogen (secondary N) is 1. The fourth-order valence-corrected chi connectivity index (χ4v) is 4.99. The second-order valence-corrected chi connectivity index (χ2v) is 8.50. The second kappa shape index (κ2) is 8.27. The summed E-state index contributed by atoms with van der Waals surface area (Å²) in [7, 11) is 0. The molecule has 2 aliphatic rings. The summed E-state index contributed by atoms with van der Waals surface area (Å²) in [5, 5.41) is 3.40. The van der Waals surface area contributed by atoms with Crippen molar-refractivity contribution in [2.75, 3.05) is 11.9 Å². The molecule has 4 rings (SSSR count). The van der Waals surface area contributed by atoms with Crippen LogP contribution in [0.4, 0.5) is 5.00 Å². The average Bonchev–Trinajstić information content (AvgIpc) is 3.03. The van der Waals surface area contributed by atoms with E-state index in [9.17, 15) is 14.4 Å². The molecule has 1 saturated carbocycles. The van der Waals surface area contributed by atoms with Gasteiger partial charge in [0, 0.05) is 10.4 Å². The van der Waals surface area contributed by atoms with E-state index in [1.165, 1.54) is 16.2 Å². The maximum atomic E-state index is 13.2. The molecule has 1 aromatic carbocycles. The highest BCUT2D eigenvalue weighted by Crippen LogP contribution is 2.39. The van der Waals surface area contributed by atoms with Crippen molar-refractivity contribution in [3.8, 4) is 0 Å². The van der Waals surface area contributed by atoms with Crippen LogP contribution in [0, 0.1) is 5.92 Å². The van der Waals surface area contributed by atoms with E-state index in [4.69, 9.17) is 4.74 Å². The van der Waals surface area contributed by atoms with Crippen LogP contribution in [0.15, 0.2) is 30.3 Å². The molecule has 146 valence electrons. The van der Waals surface area contributed by atoms with Gasteiger partial charge in [-0.05, 0) is 44.1 Å². The number of esters is 1. The Bertz CT molecular complexity index is 899. The molecule has 1 N–H and O–H groups in total. The fraction of sp³-hybridized carbons (Fsp3) is 0.409. The lowest BCUT2D eigenvalue weighted by molar-refractivity contribution is -0.154. The zero-order valence-electron chi connectivity index (χ0n) is 15.7. The Balaban J connectivity index is 1.52. The molecule has 1 heterocycles. The number of aryl methyl sites for hydroxylation is 1. The number of carbonyl (C=O) groups excluding carboxylic acids is 3. The lowest BCUT2D eigenvalue weighted by Crippen LogP contribution is -2.28. The van der Waals surface area contributed by atoms with Gasteiger partial charge in [0.1, 0.15) is 5.00 Å². The first-order chi connectivity index (χ1) is 13.6. The van der Waals surface area contributed by atoms with Crippen LogP contribution in [0.3, 0.4) is 0 Å². The van der Waals surface area contributed by atoms with Crippen molar-refractivity contribution < 1.29 is 19.1 Å². The lowest BCUT2D eigenvalue weighted by Gasteiger charge is -2.22. The van der Waals surface area contributed by atoms with E-state index in [1.807, 2.05) is 18.2 Å². The van der Waals surface area contributed by atoms with Crippen LogP contribution < -0.4 is 5.32 Å². The van der Waals surface area contributed by atoms with Gasteiger partial charge in [0.25, 0.3) is 5.91 Å². The van der Waals surface area contributed by atoms with E-state index in [0.717, 1.165) is 50.5 Å². The molecule has 0 atom stereocenters. The molecule has 1 amide bonds. The molecule has 0 spiro atoms. The third kappa shape index (κ3) is 3.87. The number of ketones is 1. The molecule has 6 heteroatoms. The third-order valence-corrected chi connectivity index (χ3v) is 6.68. The van der Waals surface area contributed by atoms with Crippen molar-refractivity contribution in [2.24, 2.45) is 5.92 Å². The Morgan fingerprint density at radius 3 is 2.50 bits per heavy atom. The summed E-state index contributed by atoms with van der Waals surface area (Å²) < 4.78 is 5.14. The van der Waals surface area contributed by atoms with Crippen LogP contribution >= 0.6 is 11.3 Å². The van der Waals surface area contributed by atoms with Crippen LogP contribution in [0.1, 0.15) is 58.5 Å². The number of ether oxygens (including phenoxy) is 1. The molecule has 0 aliphatic heterocycles. The monoisotopic (exact) mass is 397 g/mol. The van der Waals surface area contributed by atoms with E-state index < -0.39 is 5.91 Å². The second-order valence-electron chi connectivity index (χ2n) is 7.39. The minimum Gasteiger partial charge on any atom is -0.455 e. The summed E-state index contributed by atoms with van der Waals surface area (Å²) in [4.78, 5) is 38.6. The quantitative estimate of drug-likeness (QED) is 0.587. The standard InChI is InChI=1S/C22H23NO4S/c24-18(13-27-22(26)15-9-6-10-15)23-21-19(16-11-4-5-12-17(16)28-21)20(25)14-7-2-1-3-8-14/h1-3,7-8,15H,4-6,9-13H2,(H,23,24). The molecule has 0 bridgehead atoms. The molecule has 1 fully saturated rings. The van der Waals surface area contributed by atoms with Gasteiger partial charge in [-0.15, -0.1) is 11.3 Å². The highest BCUT2D eigenvalue weighted by molar-refractivity contribution is 7.17. The Kier molecular flexibility index (Phi) is 5.57. The number of carbonyl (C=O) groups is 3. The van der Waals surface area contributed by atoms with Gasteiger partial charge in [0.05, 0.1) is 11.5 Å². The van der Waals surface area contributed by atoms with Crippen molar-refractivity contribution in [3.63, 3.8) is 0 Å². The highest BCUT2D eigenvalue weighted by Gasteiger charge is 2.29. The molecule has 2 aliphatic carbocycles. The number of hydrogen-bond donors (Lipinski definition) is 1. The Hall–Kier alpha value is -2.47. The summed E-state index contributed by atoms with van der Waals surface area (Å²) in [6.07, 6.45) is 6.65. The minimum absolute atomic E-state index is 0.0583. The van der Waals surface area contributed by atoms with E-state index >= 15 is 0 Å². The number of anilines is 1. The Morgan fingerprint density at radius 1 is 1.04 bits per heavy atom. The smallest absolute Gasteiger partial charge is 0.309 e. The van der Waals surface area contributed by atoms with E-state index in [-0.39, 0.29) is 24.3 Å².